The van der Waals surface area contributed by atoms with E-state index in [2.05, 4.69) is 5.32 Å². The number of rotatable bonds is 3. The van der Waals surface area contributed by atoms with Crippen LogP contribution in [0, 0.1) is 11.2 Å². The molecule has 2 fully saturated rings. The second-order valence-corrected chi connectivity index (χ2v) is 7.11. The van der Waals surface area contributed by atoms with Gasteiger partial charge in [-0.2, -0.15) is 0 Å². The first-order valence-corrected chi connectivity index (χ1v) is 9.02. The largest absolute Gasteiger partial charge is 0.480 e. The highest BCUT2D eigenvalue weighted by atomic mass is 19.1. The van der Waals surface area contributed by atoms with E-state index in [9.17, 15) is 19.1 Å². The zero-order chi connectivity index (χ0) is 17.9. The molecule has 1 aromatic rings. The van der Waals surface area contributed by atoms with Crippen LogP contribution in [0.25, 0.3) is 0 Å². The Kier molecular flexibility index (Phi) is 5.37. The molecule has 2 aliphatic heterocycles. The van der Waals surface area contributed by atoms with E-state index in [1.807, 2.05) is 12.1 Å². The Labute approximate surface area is 147 Å². The predicted octanol–water partition coefficient (Wildman–Crippen LogP) is 2.38. The van der Waals surface area contributed by atoms with Crippen LogP contribution in [0.3, 0.4) is 0 Å². The highest BCUT2D eigenvalue weighted by Crippen LogP contribution is 2.34. The van der Waals surface area contributed by atoms with Crippen molar-refractivity contribution in [1.82, 2.24) is 10.2 Å². The maximum atomic E-state index is 13.1. The number of nitrogens with zero attached hydrogens (tertiary/aromatic N) is 1. The number of piperidine rings is 1. The molecule has 1 aromatic carbocycles. The lowest BCUT2D eigenvalue weighted by Crippen LogP contribution is -2.53. The van der Waals surface area contributed by atoms with Crippen molar-refractivity contribution < 1.29 is 19.1 Å². The van der Waals surface area contributed by atoms with Gasteiger partial charge >= 0.3 is 5.97 Å². The molecule has 0 aromatic heterocycles. The number of likely N-dealkylation sites (tertiary alicyclic amines) is 1. The van der Waals surface area contributed by atoms with E-state index in [1.165, 1.54) is 12.1 Å². The van der Waals surface area contributed by atoms with Crippen LogP contribution < -0.4 is 5.32 Å². The normalized spacial score (nSPS) is 23.7. The summed E-state index contributed by atoms with van der Waals surface area (Å²) in [6.07, 6.45) is 3.24. The molecule has 0 spiro atoms. The van der Waals surface area contributed by atoms with Gasteiger partial charge in [0.1, 0.15) is 11.2 Å². The van der Waals surface area contributed by atoms with Crippen molar-refractivity contribution in [1.29, 1.82) is 0 Å². The third kappa shape index (κ3) is 3.68. The fourth-order valence-corrected chi connectivity index (χ4v) is 4.04. The Morgan fingerprint density at radius 3 is 2.44 bits per heavy atom. The lowest BCUT2D eigenvalue weighted by Gasteiger charge is -2.36. The second-order valence-electron chi connectivity index (χ2n) is 7.11. The van der Waals surface area contributed by atoms with Crippen molar-refractivity contribution in [3.63, 3.8) is 0 Å². The molecule has 5 nitrogen and oxygen atoms in total. The number of aliphatic carboxylic acids is 1. The lowest BCUT2D eigenvalue weighted by molar-refractivity contribution is -0.163. The summed E-state index contributed by atoms with van der Waals surface area (Å²) in [6, 6.07) is 6.56. The van der Waals surface area contributed by atoms with Gasteiger partial charge in [0.25, 0.3) is 0 Å². The summed E-state index contributed by atoms with van der Waals surface area (Å²) in [5, 5.41) is 12.8. The van der Waals surface area contributed by atoms with E-state index in [1.54, 1.807) is 4.90 Å². The zero-order valence-electron chi connectivity index (χ0n) is 14.3. The van der Waals surface area contributed by atoms with E-state index in [0.29, 0.717) is 39.0 Å². The molecule has 0 bridgehead atoms. The maximum Gasteiger partial charge on any atom is 0.319 e. The van der Waals surface area contributed by atoms with Gasteiger partial charge in [-0.25, -0.2) is 4.39 Å². The summed E-state index contributed by atoms with van der Waals surface area (Å²) in [4.78, 5) is 26.6. The number of hydrogen-bond acceptors (Lipinski definition) is 3. The Balaban J connectivity index is 1.70. The molecule has 2 aliphatic rings. The first-order valence-electron chi connectivity index (χ1n) is 9.02. The molecule has 25 heavy (non-hydrogen) atoms. The highest BCUT2D eigenvalue weighted by Gasteiger charge is 2.48. The first kappa shape index (κ1) is 17.9. The molecule has 1 unspecified atom stereocenters. The monoisotopic (exact) mass is 348 g/mol. The topological polar surface area (TPSA) is 69.6 Å². The van der Waals surface area contributed by atoms with E-state index in [-0.39, 0.29) is 17.6 Å². The van der Waals surface area contributed by atoms with Gasteiger partial charge in [0, 0.05) is 13.1 Å². The Bertz CT molecular complexity index is 626. The van der Waals surface area contributed by atoms with Gasteiger partial charge in [0.15, 0.2) is 0 Å². The molecule has 136 valence electrons. The number of benzene rings is 1. The highest BCUT2D eigenvalue weighted by molar-refractivity contribution is 6.02. The van der Waals surface area contributed by atoms with Crippen LogP contribution >= 0.6 is 0 Å². The minimum Gasteiger partial charge on any atom is -0.480 e. The van der Waals surface area contributed by atoms with Crippen molar-refractivity contribution in [2.75, 3.05) is 26.2 Å². The quantitative estimate of drug-likeness (QED) is 0.823. The van der Waals surface area contributed by atoms with Crippen molar-refractivity contribution in [2.45, 2.75) is 38.0 Å². The molecule has 1 amide bonds. The molecular formula is C19H25FN2O3. The summed E-state index contributed by atoms with van der Waals surface area (Å²) >= 11 is 0. The predicted molar refractivity (Wildman–Crippen MR) is 91.7 cm³/mol. The molecule has 1 atom stereocenters. The minimum absolute atomic E-state index is 0.235. The molecule has 2 heterocycles. The third-order valence-electron chi connectivity index (χ3n) is 5.63. The fourth-order valence-electron chi connectivity index (χ4n) is 4.04. The van der Waals surface area contributed by atoms with Crippen molar-refractivity contribution >= 4 is 11.9 Å². The number of amides is 1. The zero-order valence-corrected chi connectivity index (χ0v) is 14.3. The number of carbonyl (C=O) groups is 2. The van der Waals surface area contributed by atoms with Crippen LogP contribution in [-0.4, -0.2) is 48.1 Å². The van der Waals surface area contributed by atoms with Gasteiger partial charge in [0.2, 0.25) is 5.91 Å². The Morgan fingerprint density at radius 2 is 1.80 bits per heavy atom. The molecule has 0 saturated carbocycles. The van der Waals surface area contributed by atoms with Gasteiger partial charge in [-0.1, -0.05) is 12.1 Å². The van der Waals surface area contributed by atoms with E-state index in [0.717, 1.165) is 24.8 Å². The molecule has 2 saturated heterocycles. The number of carboxylic acids is 1. The van der Waals surface area contributed by atoms with Crippen LogP contribution in [0.2, 0.25) is 0 Å². The van der Waals surface area contributed by atoms with Gasteiger partial charge in [0.05, 0.1) is 0 Å². The number of halogens is 1. The molecule has 2 N–H and O–H groups in total. The van der Waals surface area contributed by atoms with Gasteiger partial charge in [-0.3, -0.25) is 9.59 Å². The Morgan fingerprint density at radius 1 is 1.12 bits per heavy atom. The van der Waals surface area contributed by atoms with Gasteiger partial charge in [-0.05, 0) is 68.8 Å². The summed E-state index contributed by atoms with van der Waals surface area (Å²) in [6.45, 7) is 2.27. The van der Waals surface area contributed by atoms with E-state index in [4.69, 9.17) is 0 Å². The van der Waals surface area contributed by atoms with Crippen molar-refractivity contribution in [2.24, 2.45) is 5.41 Å². The lowest BCUT2D eigenvalue weighted by atomic mass is 9.77. The molecule has 6 heteroatoms. The van der Waals surface area contributed by atoms with Gasteiger partial charge < -0.3 is 15.3 Å². The minimum atomic E-state index is -1.28. The van der Waals surface area contributed by atoms with Gasteiger partial charge in [-0.15, -0.1) is 0 Å². The maximum absolute atomic E-state index is 13.1. The van der Waals surface area contributed by atoms with E-state index < -0.39 is 11.4 Å². The second kappa shape index (κ2) is 7.52. The summed E-state index contributed by atoms with van der Waals surface area (Å²) in [5.74, 6) is -1.20. The average Bonchev–Trinajstić information content (AvgIpc) is 2.88. The molecule has 0 radical (unpaired) electrons. The number of hydrogen-bond donors (Lipinski definition) is 2. The fraction of sp³-hybridized carbons (Fsp3) is 0.579. The van der Waals surface area contributed by atoms with Crippen LogP contribution in [0.5, 0.6) is 0 Å². The van der Waals surface area contributed by atoms with E-state index >= 15 is 0 Å². The van der Waals surface area contributed by atoms with Crippen LogP contribution in [-0.2, 0) is 9.59 Å². The van der Waals surface area contributed by atoms with Crippen LogP contribution in [0.15, 0.2) is 24.3 Å². The standard InChI is InChI=1S/C19H25FN2O3/c20-16-5-3-15(4-6-16)14-2-1-12-22(13-7-14)17(23)19(18(24)25)8-10-21-11-9-19/h3-6,14,21H,1-2,7-13H2,(H,24,25). The Hall–Kier alpha value is -1.95. The summed E-state index contributed by atoms with van der Waals surface area (Å²) in [7, 11) is 0. The average molecular weight is 348 g/mol. The SMILES string of the molecule is O=C(O)C1(C(=O)N2CCCC(c3ccc(F)cc3)CC2)CCNCC1. The number of carboxylic acid groups (broad SMARTS) is 1. The first-order chi connectivity index (χ1) is 12.0. The van der Waals surface area contributed by atoms with Crippen LogP contribution in [0.1, 0.15) is 43.6 Å². The van der Waals surface area contributed by atoms with Crippen molar-refractivity contribution in [3.05, 3.63) is 35.6 Å². The van der Waals surface area contributed by atoms with Crippen LogP contribution in [0.4, 0.5) is 4.39 Å². The molecule has 0 aliphatic carbocycles. The number of carbonyl (C=O) groups excluding carboxylic acids is 1. The van der Waals surface area contributed by atoms with Crippen molar-refractivity contribution in [3.8, 4) is 0 Å². The smallest absolute Gasteiger partial charge is 0.319 e. The molecule has 3 rings (SSSR count). The number of nitrogens with one attached hydrogen (secondary N) is 1. The molecular weight excluding hydrogens is 323 g/mol. The summed E-state index contributed by atoms with van der Waals surface area (Å²) < 4.78 is 13.1. The third-order valence-corrected chi connectivity index (χ3v) is 5.63. The summed E-state index contributed by atoms with van der Waals surface area (Å²) in [5.41, 5.74) is -0.188.